The Bertz CT molecular complexity index is 3460. The van der Waals surface area contributed by atoms with Gasteiger partial charge in [-0.3, -0.25) is 0 Å². The zero-order chi connectivity index (χ0) is 40.3. The number of para-hydroxylation sites is 2. The average molecular weight is 769 g/mol. The summed E-state index contributed by atoms with van der Waals surface area (Å²) in [4.78, 5) is 15.3. The molecule has 3 aromatic heterocycles. The number of aromatic nitrogens is 5. The maximum atomic E-state index is 10.3. The summed E-state index contributed by atoms with van der Waals surface area (Å²) in [6, 6.07) is 65.6. The highest BCUT2D eigenvalue weighted by molar-refractivity contribution is 6.12. The van der Waals surface area contributed by atoms with Gasteiger partial charge in [-0.05, 0) is 68.4 Å². The van der Waals surface area contributed by atoms with Crippen LogP contribution >= 0.6 is 0 Å². The second-order valence-electron chi connectivity index (χ2n) is 15.4. The Morgan fingerprint density at radius 1 is 0.383 bits per heavy atom. The quantitative estimate of drug-likeness (QED) is 0.169. The van der Waals surface area contributed by atoms with Crippen LogP contribution in [-0.4, -0.2) is 24.1 Å². The van der Waals surface area contributed by atoms with Crippen LogP contribution in [0.2, 0.25) is 0 Å². The molecule has 0 N–H and O–H groups in total. The predicted octanol–water partition coefficient (Wildman–Crippen LogP) is 13.2. The van der Waals surface area contributed by atoms with Crippen molar-refractivity contribution in [1.29, 1.82) is 5.26 Å². The molecule has 6 heteroatoms. The minimum absolute atomic E-state index is 0.574. The van der Waals surface area contributed by atoms with Gasteiger partial charge in [0.2, 0.25) is 0 Å². The van der Waals surface area contributed by atoms with E-state index in [4.69, 9.17) is 15.0 Å². The Labute approximate surface area is 346 Å². The van der Waals surface area contributed by atoms with Gasteiger partial charge in [0.1, 0.15) is 0 Å². The highest BCUT2D eigenvalue weighted by atomic mass is 15.0. The van der Waals surface area contributed by atoms with Crippen LogP contribution in [0.1, 0.15) is 16.7 Å². The van der Waals surface area contributed by atoms with Crippen molar-refractivity contribution >= 4 is 43.6 Å². The second kappa shape index (κ2) is 14.1. The monoisotopic (exact) mass is 768 g/mol. The van der Waals surface area contributed by atoms with E-state index in [1.165, 1.54) is 27.3 Å². The molecule has 0 saturated heterocycles. The average Bonchev–Trinajstić information content (AvgIpc) is 3.81. The van der Waals surface area contributed by atoms with Crippen LogP contribution in [0, 0.1) is 25.2 Å². The van der Waals surface area contributed by atoms with Crippen molar-refractivity contribution in [2.45, 2.75) is 13.8 Å². The van der Waals surface area contributed by atoms with Crippen LogP contribution in [0.5, 0.6) is 0 Å². The first-order valence-corrected chi connectivity index (χ1v) is 20.1. The van der Waals surface area contributed by atoms with Gasteiger partial charge in [0.05, 0.1) is 45.1 Å². The zero-order valence-corrected chi connectivity index (χ0v) is 33.0. The molecule has 0 radical (unpaired) electrons. The molecule has 0 aliphatic rings. The van der Waals surface area contributed by atoms with E-state index in [0.717, 1.165) is 66.6 Å². The Kier molecular flexibility index (Phi) is 8.21. The van der Waals surface area contributed by atoms with E-state index in [2.05, 4.69) is 138 Å². The number of benzene rings is 8. The molecule has 0 saturated carbocycles. The molecule has 282 valence electrons. The number of aryl methyl sites for hydroxylation is 2. The second-order valence-corrected chi connectivity index (χ2v) is 15.4. The van der Waals surface area contributed by atoms with Crippen LogP contribution in [-0.2, 0) is 0 Å². The van der Waals surface area contributed by atoms with Crippen LogP contribution in [0.3, 0.4) is 0 Å². The highest BCUT2D eigenvalue weighted by Gasteiger charge is 2.23. The molecule has 0 unspecified atom stereocenters. The molecular formula is C54H36N6. The third-order valence-corrected chi connectivity index (χ3v) is 11.5. The molecule has 6 nitrogen and oxygen atoms in total. The lowest BCUT2D eigenvalue weighted by Crippen LogP contribution is -2.04. The van der Waals surface area contributed by atoms with Gasteiger partial charge in [0, 0.05) is 49.4 Å². The first kappa shape index (κ1) is 35.1. The van der Waals surface area contributed by atoms with Crippen molar-refractivity contribution in [3.05, 3.63) is 199 Å². The summed E-state index contributed by atoms with van der Waals surface area (Å²) >= 11 is 0. The molecule has 0 aliphatic heterocycles. The third kappa shape index (κ3) is 5.75. The fraction of sp³-hybridized carbons (Fsp3) is 0.0370. The summed E-state index contributed by atoms with van der Waals surface area (Å²) in [5, 5.41) is 15.0. The number of fused-ring (bicyclic) bond motifs is 6. The minimum Gasteiger partial charge on any atom is -0.309 e. The first-order valence-electron chi connectivity index (χ1n) is 20.1. The molecular weight excluding hydrogens is 733 g/mol. The smallest absolute Gasteiger partial charge is 0.164 e. The SMILES string of the molecule is Cc1ccc2c(c1)c1ccccc1n2-c1cc(C#N)ccc1-c1ccc(-c2nc(-c3ccccc3)nc(-c3ccccc3)n2)cc1-n1c2ccccc2c2cc(C)ccc21. The largest absolute Gasteiger partial charge is 0.309 e. The topological polar surface area (TPSA) is 72.3 Å². The van der Waals surface area contributed by atoms with Crippen LogP contribution < -0.4 is 0 Å². The maximum absolute atomic E-state index is 10.3. The molecule has 0 amide bonds. The lowest BCUT2D eigenvalue weighted by atomic mass is 9.97. The molecule has 0 spiro atoms. The Balaban J connectivity index is 1.24. The van der Waals surface area contributed by atoms with Gasteiger partial charge in [-0.1, -0.05) is 139 Å². The normalized spacial score (nSPS) is 11.5. The van der Waals surface area contributed by atoms with E-state index < -0.39 is 0 Å². The fourth-order valence-corrected chi connectivity index (χ4v) is 8.73. The third-order valence-electron chi connectivity index (χ3n) is 11.5. The van der Waals surface area contributed by atoms with Crippen molar-refractivity contribution in [2.24, 2.45) is 0 Å². The minimum atomic E-state index is 0.574. The molecule has 0 atom stereocenters. The fourth-order valence-electron chi connectivity index (χ4n) is 8.73. The zero-order valence-electron chi connectivity index (χ0n) is 33.0. The Morgan fingerprint density at radius 3 is 1.33 bits per heavy atom. The predicted molar refractivity (Wildman–Crippen MR) is 244 cm³/mol. The first-order chi connectivity index (χ1) is 29.5. The van der Waals surface area contributed by atoms with Gasteiger partial charge in [-0.25, -0.2) is 15.0 Å². The molecule has 11 rings (SSSR count). The molecule has 0 bridgehead atoms. The summed E-state index contributed by atoms with van der Waals surface area (Å²) in [6.07, 6.45) is 0. The molecule has 11 aromatic rings. The van der Waals surface area contributed by atoms with Gasteiger partial charge in [0.15, 0.2) is 17.5 Å². The van der Waals surface area contributed by atoms with E-state index in [-0.39, 0.29) is 0 Å². The molecule has 60 heavy (non-hydrogen) atoms. The van der Waals surface area contributed by atoms with Crippen LogP contribution in [0.15, 0.2) is 182 Å². The van der Waals surface area contributed by atoms with Crippen molar-refractivity contribution in [1.82, 2.24) is 24.1 Å². The van der Waals surface area contributed by atoms with E-state index in [9.17, 15) is 5.26 Å². The summed E-state index contributed by atoms with van der Waals surface area (Å²) in [7, 11) is 0. The van der Waals surface area contributed by atoms with Gasteiger partial charge >= 0.3 is 0 Å². The summed E-state index contributed by atoms with van der Waals surface area (Å²) < 4.78 is 4.69. The highest BCUT2D eigenvalue weighted by Crippen LogP contribution is 2.42. The van der Waals surface area contributed by atoms with Crippen molar-refractivity contribution < 1.29 is 0 Å². The maximum Gasteiger partial charge on any atom is 0.164 e. The van der Waals surface area contributed by atoms with Crippen molar-refractivity contribution in [3.8, 4) is 62.7 Å². The van der Waals surface area contributed by atoms with Crippen LogP contribution in [0.25, 0.3) is 100 Å². The van der Waals surface area contributed by atoms with Gasteiger partial charge in [0.25, 0.3) is 0 Å². The molecule has 8 aromatic carbocycles. The summed E-state index contributed by atoms with van der Waals surface area (Å²) in [5.41, 5.74) is 13.9. The lowest BCUT2D eigenvalue weighted by Gasteiger charge is -2.20. The summed E-state index contributed by atoms with van der Waals surface area (Å²) in [6.45, 7) is 4.27. The number of hydrogen-bond acceptors (Lipinski definition) is 4. The van der Waals surface area contributed by atoms with E-state index in [1.54, 1.807) is 0 Å². The van der Waals surface area contributed by atoms with Crippen molar-refractivity contribution in [3.63, 3.8) is 0 Å². The van der Waals surface area contributed by atoms with Crippen LogP contribution in [0.4, 0.5) is 0 Å². The van der Waals surface area contributed by atoms with E-state index >= 15 is 0 Å². The van der Waals surface area contributed by atoms with Gasteiger partial charge in [-0.2, -0.15) is 5.26 Å². The Hall–Kier alpha value is -8.14. The number of rotatable bonds is 6. The lowest BCUT2D eigenvalue weighted by molar-refractivity contribution is 1.07. The standard InChI is InChI=1S/C54H36N6/c1-34-21-27-48-44(29-34)40-17-9-11-19-46(40)59(48)50-31-36(33-55)23-25-42(50)43-26-24-39(32-51(43)60-47-20-12-10-18-41(47)45-30-35(2)22-28-49(45)60)54-57-52(37-13-5-3-6-14-37)56-53(58-54)38-15-7-4-8-16-38/h3-32H,1-2H3. The van der Waals surface area contributed by atoms with E-state index in [1.807, 2.05) is 72.8 Å². The van der Waals surface area contributed by atoms with E-state index in [0.29, 0.717) is 23.0 Å². The number of nitriles is 1. The molecule has 3 heterocycles. The number of nitrogens with zero attached hydrogens (tertiary/aromatic N) is 6. The van der Waals surface area contributed by atoms with Crippen molar-refractivity contribution in [2.75, 3.05) is 0 Å². The van der Waals surface area contributed by atoms with Gasteiger partial charge < -0.3 is 9.13 Å². The van der Waals surface area contributed by atoms with Gasteiger partial charge in [-0.15, -0.1) is 0 Å². The molecule has 0 aliphatic carbocycles. The number of hydrogen-bond donors (Lipinski definition) is 0. The molecule has 0 fully saturated rings. The Morgan fingerprint density at radius 2 is 0.817 bits per heavy atom. The summed E-state index contributed by atoms with van der Waals surface area (Å²) in [5.74, 6) is 1.78.